The van der Waals surface area contributed by atoms with Gasteiger partial charge >= 0.3 is 0 Å². The number of pyridine rings is 1. The molecule has 2 atom stereocenters. The third kappa shape index (κ3) is 5.58. The second-order valence-electron chi connectivity index (χ2n) is 8.15. The van der Waals surface area contributed by atoms with Crippen molar-refractivity contribution in [2.24, 2.45) is 11.8 Å². The van der Waals surface area contributed by atoms with E-state index in [-0.39, 0.29) is 24.5 Å². The van der Waals surface area contributed by atoms with Crippen molar-refractivity contribution in [1.82, 2.24) is 10.3 Å². The summed E-state index contributed by atoms with van der Waals surface area (Å²) in [5.74, 6) is 1.06. The fourth-order valence-corrected chi connectivity index (χ4v) is 3.67. The molecule has 2 N–H and O–H groups in total. The second-order valence-corrected chi connectivity index (χ2v) is 8.15. The van der Waals surface area contributed by atoms with Crippen molar-refractivity contribution in [2.75, 3.05) is 44.4 Å². The molecule has 0 bridgehead atoms. The average Bonchev–Trinajstić information content (AvgIpc) is 3.17. The lowest BCUT2D eigenvalue weighted by atomic mass is 10.0. The number of hydrogen-bond acceptors (Lipinski definition) is 6. The second kappa shape index (κ2) is 10.1. The highest BCUT2D eigenvalue weighted by Crippen LogP contribution is 2.30. The van der Waals surface area contributed by atoms with Crippen molar-refractivity contribution in [2.45, 2.75) is 45.6 Å². The third-order valence-corrected chi connectivity index (χ3v) is 5.44. The number of anilines is 1. The van der Waals surface area contributed by atoms with Gasteiger partial charge in [-0.25, -0.2) is 4.98 Å². The molecule has 1 aromatic heterocycles. The first kappa shape index (κ1) is 20.9. The topological polar surface area (TPSA) is 83.9 Å². The number of hydrogen-bond donors (Lipinski definition) is 2. The lowest BCUT2D eigenvalue weighted by molar-refractivity contribution is -0.0402. The van der Waals surface area contributed by atoms with Gasteiger partial charge in [0.15, 0.2) is 0 Å². The van der Waals surface area contributed by atoms with Gasteiger partial charge in [0.2, 0.25) is 5.88 Å². The van der Waals surface area contributed by atoms with E-state index in [1.807, 2.05) is 19.9 Å². The number of amides is 1. The summed E-state index contributed by atoms with van der Waals surface area (Å²) < 4.78 is 11.2. The number of carbonyl (C=O) groups excluding carboxylic acids is 1. The summed E-state index contributed by atoms with van der Waals surface area (Å²) in [6.45, 7) is 8.22. The van der Waals surface area contributed by atoms with Gasteiger partial charge in [0.25, 0.3) is 5.91 Å². The molecule has 3 heterocycles. The summed E-state index contributed by atoms with van der Waals surface area (Å²) in [5.41, 5.74) is 1.34. The Labute approximate surface area is 167 Å². The van der Waals surface area contributed by atoms with Crippen LogP contribution in [-0.4, -0.2) is 61.6 Å². The predicted molar refractivity (Wildman–Crippen MR) is 108 cm³/mol. The Hall–Kier alpha value is -1.86. The monoisotopic (exact) mass is 391 g/mol. The van der Waals surface area contributed by atoms with Crippen LogP contribution in [0.2, 0.25) is 0 Å². The summed E-state index contributed by atoms with van der Waals surface area (Å²) in [6.07, 6.45) is 4.00. The number of aliphatic hydroxyl groups is 1. The van der Waals surface area contributed by atoms with Gasteiger partial charge in [0.1, 0.15) is 5.69 Å². The average molecular weight is 392 g/mol. The molecule has 0 unspecified atom stereocenters. The largest absolute Gasteiger partial charge is 0.476 e. The standard InChI is InChI=1S/C21H33N3O4/c1-15(12-25)11-16(2)22-20(26)18-5-6-19(24-8-3-4-9-24)21(23-18)28-10-7-17-13-27-14-17/h5-6,15-17,25H,3-4,7-14H2,1-2H3,(H,22,26)/t15-,16-/m0/s1. The highest BCUT2D eigenvalue weighted by atomic mass is 16.5. The smallest absolute Gasteiger partial charge is 0.270 e. The number of ether oxygens (including phenoxy) is 2. The molecule has 0 aromatic carbocycles. The van der Waals surface area contributed by atoms with Crippen molar-refractivity contribution in [3.05, 3.63) is 17.8 Å². The molecule has 7 heteroatoms. The Morgan fingerprint density at radius 1 is 1.36 bits per heavy atom. The molecule has 0 aliphatic carbocycles. The van der Waals surface area contributed by atoms with Crippen molar-refractivity contribution in [3.8, 4) is 5.88 Å². The summed E-state index contributed by atoms with van der Waals surface area (Å²) in [7, 11) is 0. The fourth-order valence-electron chi connectivity index (χ4n) is 3.67. The van der Waals surface area contributed by atoms with Gasteiger partial charge in [-0.15, -0.1) is 0 Å². The Morgan fingerprint density at radius 3 is 2.75 bits per heavy atom. The van der Waals surface area contributed by atoms with Gasteiger partial charge in [0, 0.05) is 31.7 Å². The van der Waals surface area contributed by atoms with E-state index >= 15 is 0 Å². The summed E-state index contributed by atoms with van der Waals surface area (Å²) in [6, 6.07) is 3.70. The molecule has 1 amide bonds. The first-order valence-electron chi connectivity index (χ1n) is 10.4. The number of nitrogens with one attached hydrogen (secondary N) is 1. The first-order chi connectivity index (χ1) is 13.6. The zero-order valence-corrected chi connectivity index (χ0v) is 17.0. The Kier molecular flexibility index (Phi) is 7.50. The van der Waals surface area contributed by atoms with Crippen LogP contribution in [0.25, 0.3) is 0 Å². The van der Waals surface area contributed by atoms with Gasteiger partial charge in [-0.05, 0) is 50.7 Å². The Bertz CT molecular complexity index is 645. The van der Waals surface area contributed by atoms with E-state index in [1.54, 1.807) is 6.07 Å². The van der Waals surface area contributed by atoms with Gasteiger partial charge in [-0.3, -0.25) is 4.79 Å². The summed E-state index contributed by atoms with van der Waals surface area (Å²) in [4.78, 5) is 19.5. The number of carbonyl (C=O) groups is 1. The van der Waals surface area contributed by atoms with Crippen LogP contribution in [0.3, 0.4) is 0 Å². The quantitative estimate of drug-likeness (QED) is 0.636. The zero-order chi connectivity index (χ0) is 19.9. The fraction of sp³-hybridized carbons (Fsp3) is 0.714. The van der Waals surface area contributed by atoms with Crippen molar-refractivity contribution < 1.29 is 19.4 Å². The van der Waals surface area contributed by atoms with E-state index in [9.17, 15) is 9.90 Å². The van der Waals surface area contributed by atoms with Crippen molar-refractivity contribution in [1.29, 1.82) is 0 Å². The highest BCUT2D eigenvalue weighted by molar-refractivity contribution is 5.93. The van der Waals surface area contributed by atoms with E-state index in [1.165, 1.54) is 12.8 Å². The van der Waals surface area contributed by atoms with Gasteiger partial charge in [-0.2, -0.15) is 0 Å². The zero-order valence-electron chi connectivity index (χ0n) is 17.0. The van der Waals surface area contributed by atoms with E-state index < -0.39 is 0 Å². The maximum Gasteiger partial charge on any atom is 0.270 e. The SMILES string of the molecule is C[C@H](CO)C[C@H](C)NC(=O)c1ccc(N2CCCC2)c(OCCC2COC2)n1. The van der Waals surface area contributed by atoms with Crippen LogP contribution in [0.5, 0.6) is 5.88 Å². The van der Waals surface area contributed by atoms with Crippen LogP contribution in [0.4, 0.5) is 5.69 Å². The number of aromatic nitrogens is 1. The molecule has 2 aliphatic rings. The normalized spacial score (nSPS) is 19.2. The molecule has 7 nitrogen and oxygen atoms in total. The van der Waals surface area contributed by atoms with Crippen LogP contribution in [0.15, 0.2) is 12.1 Å². The minimum atomic E-state index is -0.206. The number of aliphatic hydroxyl groups excluding tert-OH is 1. The predicted octanol–water partition coefficient (Wildman–Crippen LogP) is 2.23. The van der Waals surface area contributed by atoms with Gasteiger partial charge in [-0.1, -0.05) is 6.92 Å². The van der Waals surface area contributed by atoms with Crippen LogP contribution in [-0.2, 0) is 4.74 Å². The highest BCUT2D eigenvalue weighted by Gasteiger charge is 2.22. The van der Waals surface area contributed by atoms with Crippen LogP contribution < -0.4 is 15.0 Å². The first-order valence-corrected chi connectivity index (χ1v) is 10.4. The summed E-state index contributed by atoms with van der Waals surface area (Å²) >= 11 is 0. The minimum absolute atomic E-state index is 0.0299. The molecule has 1 aromatic rings. The molecule has 0 radical (unpaired) electrons. The lowest BCUT2D eigenvalue weighted by Crippen LogP contribution is -2.35. The van der Waals surface area contributed by atoms with Crippen LogP contribution in [0.1, 0.15) is 50.0 Å². The van der Waals surface area contributed by atoms with Gasteiger partial charge < -0.3 is 24.8 Å². The maximum atomic E-state index is 12.6. The molecule has 2 saturated heterocycles. The number of nitrogens with zero attached hydrogens (tertiary/aromatic N) is 2. The molecule has 0 spiro atoms. The molecule has 2 fully saturated rings. The van der Waals surface area contributed by atoms with E-state index in [0.717, 1.165) is 44.8 Å². The minimum Gasteiger partial charge on any atom is -0.476 e. The Balaban J connectivity index is 1.66. The van der Waals surface area contributed by atoms with E-state index in [0.29, 0.717) is 24.1 Å². The lowest BCUT2D eigenvalue weighted by Gasteiger charge is -2.26. The number of rotatable bonds is 10. The third-order valence-electron chi connectivity index (χ3n) is 5.44. The maximum absolute atomic E-state index is 12.6. The van der Waals surface area contributed by atoms with E-state index in [4.69, 9.17) is 9.47 Å². The van der Waals surface area contributed by atoms with E-state index in [2.05, 4.69) is 15.2 Å². The van der Waals surface area contributed by atoms with Crippen LogP contribution in [0, 0.1) is 11.8 Å². The van der Waals surface area contributed by atoms with Crippen LogP contribution >= 0.6 is 0 Å². The molecule has 3 rings (SSSR count). The van der Waals surface area contributed by atoms with Crippen molar-refractivity contribution in [3.63, 3.8) is 0 Å². The van der Waals surface area contributed by atoms with Crippen molar-refractivity contribution >= 4 is 11.6 Å². The molecule has 156 valence electrons. The molecule has 2 aliphatic heterocycles. The molecular weight excluding hydrogens is 358 g/mol. The molecule has 0 saturated carbocycles. The Morgan fingerprint density at radius 2 is 2.11 bits per heavy atom. The molecule has 28 heavy (non-hydrogen) atoms. The molecular formula is C21H33N3O4. The van der Waals surface area contributed by atoms with Gasteiger partial charge in [0.05, 0.1) is 25.5 Å². The summed E-state index contributed by atoms with van der Waals surface area (Å²) in [5, 5.41) is 12.2.